The van der Waals surface area contributed by atoms with Crippen LogP contribution >= 0.6 is 0 Å². The van der Waals surface area contributed by atoms with Crippen LogP contribution in [0.1, 0.15) is 39.2 Å². The Hall–Kier alpha value is -1.02. The van der Waals surface area contributed by atoms with Gasteiger partial charge in [0.05, 0.1) is 12.7 Å². The van der Waals surface area contributed by atoms with Gasteiger partial charge in [-0.15, -0.1) is 0 Å². The van der Waals surface area contributed by atoms with Crippen molar-refractivity contribution < 1.29 is 9.84 Å². The van der Waals surface area contributed by atoms with Crippen molar-refractivity contribution in [1.29, 1.82) is 0 Å². The van der Waals surface area contributed by atoms with Gasteiger partial charge in [-0.05, 0) is 43.7 Å². The van der Waals surface area contributed by atoms with Gasteiger partial charge < -0.3 is 9.84 Å². The third kappa shape index (κ3) is 4.78. The molecule has 0 spiro atoms. The molecule has 0 amide bonds. The van der Waals surface area contributed by atoms with Crippen LogP contribution in [-0.2, 0) is 6.42 Å². The molecule has 0 saturated heterocycles. The zero-order valence-electron chi connectivity index (χ0n) is 11.4. The minimum Gasteiger partial charge on any atom is -0.496 e. The molecule has 0 aliphatic rings. The van der Waals surface area contributed by atoms with Crippen molar-refractivity contribution in [3.63, 3.8) is 0 Å². The van der Waals surface area contributed by atoms with Crippen LogP contribution in [0.25, 0.3) is 0 Å². The molecule has 1 atom stereocenters. The first-order valence-electron chi connectivity index (χ1n) is 6.29. The molecule has 1 unspecified atom stereocenters. The first kappa shape index (κ1) is 14.0. The highest BCUT2D eigenvalue weighted by molar-refractivity contribution is 5.33. The summed E-state index contributed by atoms with van der Waals surface area (Å²) < 4.78 is 5.31. The minimum absolute atomic E-state index is 0.516. The standard InChI is InChI=1S/C15H24O2/c1-12(2)11-15(3,16)10-9-13-7-5-6-8-14(13)17-4/h5-8,12,16H,9-11H2,1-4H3. The van der Waals surface area contributed by atoms with Crippen molar-refractivity contribution in [2.45, 2.75) is 45.6 Å². The predicted octanol–water partition coefficient (Wildman–Crippen LogP) is 3.42. The number of para-hydroxylation sites is 1. The summed E-state index contributed by atoms with van der Waals surface area (Å²) in [5.74, 6) is 1.43. The summed E-state index contributed by atoms with van der Waals surface area (Å²) in [6.07, 6.45) is 2.46. The molecule has 0 saturated carbocycles. The summed E-state index contributed by atoms with van der Waals surface area (Å²) in [5.41, 5.74) is 0.577. The predicted molar refractivity (Wildman–Crippen MR) is 71.4 cm³/mol. The molecule has 2 heteroatoms. The van der Waals surface area contributed by atoms with E-state index in [4.69, 9.17) is 4.74 Å². The molecule has 0 aromatic heterocycles. The molecule has 96 valence electrons. The Morgan fingerprint density at radius 1 is 1.29 bits per heavy atom. The van der Waals surface area contributed by atoms with E-state index >= 15 is 0 Å². The second kappa shape index (κ2) is 6.06. The van der Waals surface area contributed by atoms with Gasteiger partial charge in [-0.2, -0.15) is 0 Å². The maximum atomic E-state index is 10.3. The van der Waals surface area contributed by atoms with Gasteiger partial charge in [-0.1, -0.05) is 32.0 Å². The number of benzene rings is 1. The number of rotatable bonds is 6. The highest BCUT2D eigenvalue weighted by Crippen LogP contribution is 2.25. The molecular weight excluding hydrogens is 212 g/mol. The van der Waals surface area contributed by atoms with Crippen molar-refractivity contribution in [2.75, 3.05) is 7.11 Å². The van der Waals surface area contributed by atoms with E-state index in [1.165, 1.54) is 5.56 Å². The molecule has 0 aliphatic carbocycles. The molecule has 1 aromatic rings. The second-order valence-corrected chi connectivity index (χ2v) is 5.41. The quantitative estimate of drug-likeness (QED) is 0.820. The van der Waals surface area contributed by atoms with Crippen LogP contribution in [0.4, 0.5) is 0 Å². The number of aliphatic hydroxyl groups is 1. The molecule has 1 aromatic carbocycles. The molecule has 0 fully saturated rings. The van der Waals surface area contributed by atoms with Gasteiger partial charge in [-0.25, -0.2) is 0 Å². The Balaban J connectivity index is 2.60. The highest BCUT2D eigenvalue weighted by Gasteiger charge is 2.21. The van der Waals surface area contributed by atoms with E-state index < -0.39 is 5.60 Å². The lowest BCUT2D eigenvalue weighted by Gasteiger charge is -2.25. The third-order valence-corrected chi connectivity index (χ3v) is 2.97. The van der Waals surface area contributed by atoms with Crippen LogP contribution in [0, 0.1) is 5.92 Å². The SMILES string of the molecule is COc1ccccc1CCC(C)(O)CC(C)C. The maximum absolute atomic E-state index is 10.3. The van der Waals surface area contributed by atoms with E-state index in [0.717, 1.165) is 25.0 Å². The van der Waals surface area contributed by atoms with Crippen LogP contribution in [0.3, 0.4) is 0 Å². The summed E-state index contributed by atoms with van der Waals surface area (Å²) >= 11 is 0. The molecule has 1 N–H and O–H groups in total. The molecule has 0 aliphatic heterocycles. The summed E-state index contributed by atoms with van der Waals surface area (Å²) in [4.78, 5) is 0. The molecule has 2 nitrogen and oxygen atoms in total. The van der Waals surface area contributed by atoms with Crippen LogP contribution in [-0.4, -0.2) is 17.8 Å². The fourth-order valence-electron chi connectivity index (χ4n) is 2.30. The van der Waals surface area contributed by atoms with Crippen molar-refractivity contribution in [2.24, 2.45) is 5.92 Å². The first-order valence-corrected chi connectivity index (χ1v) is 6.29. The number of aryl methyl sites for hydroxylation is 1. The van der Waals surface area contributed by atoms with E-state index in [2.05, 4.69) is 19.9 Å². The van der Waals surface area contributed by atoms with E-state index in [0.29, 0.717) is 5.92 Å². The number of hydrogen-bond donors (Lipinski definition) is 1. The van der Waals surface area contributed by atoms with Crippen LogP contribution in [0.15, 0.2) is 24.3 Å². The third-order valence-electron chi connectivity index (χ3n) is 2.97. The largest absolute Gasteiger partial charge is 0.496 e. The van der Waals surface area contributed by atoms with Crippen LogP contribution in [0.5, 0.6) is 5.75 Å². The fourth-order valence-corrected chi connectivity index (χ4v) is 2.30. The summed E-state index contributed by atoms with van der Waals surface area (Å²) in [5, 5.41) is 10.3. The molecule has 0 bridgehead atoms. The topological polar surface area (TPSA) is 29.5 Å². The van der Waals surface area contributed by atoms with Crippen molar-refractivity contribution >= 4 is 0 Å². The van der Waals surface area contributed by atoms with Crippen LogP contribution < -0.4 is 4.74 Å². The normalized spacial score (nSPS) is 14.7. The van der Waals surface area contributed by atoms with E-state index in [1.54, 1.807) is 7.11 Å². The molecule has 0 radical (unpaired) electrons. The average molecular weight is 236 g/mol. The highest BCUT2D eigenvalue weighted by atomic mass is 16.5. The number of methoxy groups -OCH3 is 1. The molecule has 17 heavy (non-hydrogen) atoms. The average Bonchev–Trinajstić information content (AvgIpc) is 2.25. The van der Waals surface area contributed by atoms with Gasteiger partial charge >= 0.3 is 0 Å². The van der Waals surface area contributed by atoms with Gasteiger partial charge in [0.2, 0.25) is 0 Å². The van der Waals surface area contributed by atoms with Crippen molar-refractivity contribution in [3.05, 3.63) is 29.8 Å². The summed E-state index contributed by atoms with van der Waals surface area (Å²) in [6.45, 7) is 6.19. The molecule has 0 heterocycles. The van der Waals surface area contributed by atoms with Gasteiger partial charge in [-0.3, -0.25) is 0 Å². The monoisotopic (exact) mass is 236 g/mol. The number of ether oxygens (including phenoxy) is 1. The Bertz CT molecular complexity index is 343. The van der Waals surface area contributed by atoms with Gasteiger partial charge in [0.25, 0.3) is 0 Å². The smallest absolute Gasteiger partial charge is 0.122 e. The van der Waals surface area contributed by atoms with E-state index in [-0.39, 0.29) is 0 Å². The lowest BCUT2D eigenvalue weighted by molar-refractivity contribution is 0.0301. The van der Waals surface area contributed by atoms with E-state index in [1.807, 2.05) is 25.1 Å². The van der Waals surface area contributed by atoms with Gasteiger partial charge in [0, 0.05) is 0 Å². The minimum atomic E-state index is -0.588. The molecule has 1 rings (SSSR count). The van der Waals surface area contributed by atoms with Crippen molar-refractivity contribution in [1.82, 2.24) is 0 Å². The Morgan fingerprint density at radius 3 is 2.53 bits per heavy atom. The van der Waals surface area contributed by atoms with Gasteiger partial charge in [0.15, 0.2) is 0 Å². The Morgan fingerprint density at radius 2 is 1.94 bits per heavy atom. The Labute approximate surface area is 105 Å². The fraction of sp³-hybridized carbons (Fsp3) is 0.600. The van der Waals surface area contributed by atoms with E-state index in [9.17, 15) is 5.11 Å². The first-order chi connectivity index (χ1) is 7.94. The lowest BCUT2D eigenvalue weighted by Crippen LogP contribution is -2.26. The van der Waals surface area contributed by atoms with Crippen LogP contribution in [0.2, 0.25) is 0 Å². The van der Waals surface area contributed by atoms with Crippen molar-refractivity contribution in [3.8, 4) is 5.75 Å². The maximum Gasteiger partial charge on any atom is 0.122 e. The summed E-state index contributed by atoms with van der Waals surface area (Å²) in [6, 6.07) is 8.00. The lowest BCUT2D eigenvalue weighted by atomic mass is 9.88. The second-order valence-electron chi connectivity index (χ2n) is 5.41. The summed E-state index contributed by atoms with van der Waals surface area (Å²) in [7, 11) is 1.69. The number of hydrogen-bond acceptors (Lipinski definition) is 2. The molecular formula is C15H24O2. The zero-order valence-corrected chi connectivity index (χ0v) is 11.4. The zero-order chi connectivity index (χ0) is 12.9. The Kier molecular flexibility index (Phi) is 5.01. The van der Waals surface area contributed by atoms with Gasteiger partial charge in [0.1, 0.15) is 5.75 Å².